The summed E-state index contributed by atoms with van der Waals surface area (Å²) in [7, 11) is 0. The van der Waals surface area contributed by atoms with Gasteiger partial charge < -0.3 is 43.2 Å². The van der Waals surface area contributed by atoms with Gasteiger partial charge in [0.2, 0.25) is 0 Å². The van der Waals surface area contributed by atoms with Crippen LogP contribution in [0.25, 0.3) is 0 Å². The number of ether oxygens (including phenoxy) is 8. The summed E-state index contributed by atoms with van der Waals surface area (Å²) >= 11 is 0. The zero-order valence-electron chi connectivity index (χ0n) is 26.2. The van der Waals surface area contributed by atoms with Gasteiger partial charge in [-0.2, -0.15) is 0 Å². The van der Waals surface area contributed by atoms with Gasteiger partial charge in [-0.3, -0.25) is 4.79 Å². The molecule has 0 bridgehead atoms. The molecule has 2 aromatic carbocycles. The van der Waals surface area contributed by atoms with Crippen molar-refractivity contribution in [1.29, 1.82) is 0 Å². The molecule has 0 saturated carbocycles. The second-order valence-corrected chi connectivity index (χ2v) is 9.50. The summed E-state index contributed by atoms with van der Waals surface area (Å²) in [5.41, 5.74) is 1.79. The number of esters is 2. The highest BCUT2D eigenvalue weighted by atomic mass is 16.6. The number of benzene rings is 2. The first kappa shape index (κ1) is 37.8. The summed E-state index contributed by atoms with van der Waals surface area (Å²) in [5, 5.41) is 3.31. The maximum absolute atomic E-state index is 12.1. The van der Waals surface area contributed by atoms with Gasteiger partial charge in [0.1, 0.15) is 13.2 Å². The van der Waals surface area contributed by atoms with E-state index >= 15 is 0 Å². The van der Waals surface area contributed by atoms with Crippen molar-refractivity contribution in [3.63, 3.8) is 0 Å². The third-order valence-electron chi connectivity index (χ3n) is 5.98. The van der Waals surface area contributed by atoms with Crippen molar-refractivity contribution in [1.82, 2.24) is 0 Å². The van der Waals surface area contributed by atoms with Crippen LogP contribution in [0.4, 0.5) is 5.69 Å². The van der Waals surface area contributed by atoms with Crippen molar-refractivity contribution in [2.24, 2.45) is 0 Å². The minimum atomic E-state index is -0.901. The molecule has 2 aromatic rings. The summed E-state index contributed by atoms with van der Waals surface area (Å²) in [6.07, 6.45) is 2.23. The van der Waals surface area contributed by atoms with Crippen molar-refractivity contribution in [2.75, 3.05) is 104 Å². The molecule has 2 rings (SSSR count). The van der Waals surface area contributed by atoms with Gasteiger partial charge in [-0.05, 0) is 30.7 Å². The molecule has 12 nitrogen and oxygen atoms in total. The molecule has 0 aliphatic carbocycles. The van der Waals surface area contributed by atoms with Gasteiger partial charge in [0.15, 0.2) is 0 Å². The van der Waals surface area contributed by atoms with Crippen LogP contribution in [0.2, 0.25) is 0 Å². The number of Topliss-reactive ketones (excluding diaryl/α,β-unsaturated/α-hetero) is 1. The predicted molar refractivity (Wildman–Crippen MR) is 167 cm³/mol. The number of anilines is 1. The summed E-state index contributed by atoms with van der Waals surface area (Å²) < 4.78 is 42.6. The SMILES string of the molecule is CCCCNc1ccc(C(=O)OCCOCCOCCOCCOCCOCCOCCOC(=O)C(=O)c2ccccc2)cc1. The standard InChI is InChI=1S/C33H47NO11/c1-2-3-13-34-30-11-9-29(10-12-30)32(36)44-26-24-42-22-20-40-18-16-38-14-15-39-17-19-41-21-23-43-25-27-45-33(37)31(35)28-7-5-4-6-8-28/h4-12,34H,2-3,13-27H2,1H3. The lowest BCUT2D eigenvalue weighted by Gasteiger charge is -2.09. The van der Waals surface area contributed by atoms with Gasteiger partial charge in [-0.25, -0.2) is 9.59 Å². The van der Waals surface area contributed by atoms with Crippen LogP contribution in [-0.4, -0.2) is 117 Å². The first-order valence-electron chi connectivity index (χ1n) is 15.4. The Hall–Kier alpha value is -3.39. The van der Waals surface area contributed by atoms with Gasteiger partial charge >= 0.3 is 11.9 Å². The fourth-order valence-electron chi connectivity index (χ4n) is 3.58. The molecule has 1 N–H and O–H groups in total. The number of rotatable bonds is 28. The normalized spacial score (nSPS) is 10.9. The van der Waals surface area contributed by atoms with Crippen LogP contribution in [0.1, 0.15) is 40.5 Å². The van der Waals surface area contributed by atoms with Crippen molar-refractivity contribution in [3.05, 3.63) is 65.7 Å². The van der Waals surface area contributed by atoms with Crippen LogP contribution in [0.15, 0.2) is 54.6 Å². The molecule has 45 heavy (non-hydrogen) atoms. The molecule has 0 fully saturated rings. The zero-order chi connectivity index (χ0) is 32.2. The van der Waals surface area contributed by atoms with E-state index in [9.17, 15) is 14.4 Å². The van der Waals surface area contributed by atoms with E-state index in [-0.39, 0.29) is 25.8 Å². The maximum Gasteiger partial charge on any atom is 0.379 e. The largest absolute Gasteiger partial charge is 0.460 e. The summed E-state index contributed by atoms with van der Waals surface area (Å²) in [5.74, 6) is -1.95. The van der Waals surface area contributed by atoms with Crippen molar-refractivity contribution in [2.45, 2.75) is 19.8 Å². The number of carbonyl (C=O) groups is 3. The van der Waals surface area contributed by atoms with Crippen LogP contribution in [0, 0.1) is 0 Å². The average Bonchev–Trinajstić information content (AvgIpc) is 3.07. The van der Waals surface area contributed by atoms with E-state index in [4.69, 9.17) is 37.9 Å². The lowest BCUT2D eigenvalue weighted by atomic mass is 10.1. The van der Waals surface area contributed by atoms with Crippen LogP contribution in [0.3, 0.4) is 0 Å². The lowest BCUT2D eigenvalue weighted by Crippen LogP contribution is -2.20. The number of hydrogen-bond donors (Lipinski definition) is 1. The fourth-order valence-corrected chi connectivity index (χ4v) is 3.58. The fraction of sp³-hybridized carbons (Fsp3) is 0.545. The summed E-state index contributed by atoms with van der Waals surface area (Å²) in [6, 6.07) is 15.5. The molecule has 12 heteroatoms. The molecule has 0 radical (unpaired) electrons. The van der Waals surface area contributed by atoms with Gasteiger partial charge in [-0.15, -0.1) is 0 Å². The Morgan fingerprint density at radius 2 is 0.978 bits per heavy atom. The molecular weight excluding hydrogens is 586 g/mol. The van der Waals surface area contributed by atoms with E-state index in [0.29, 0.717) is 83.8 Å². The van der Waals surface area contributed by atoms with Crippen LogP contribution in [-0.2, 0) is 42.7 Å². The number of nitrogens with one attached hydrogen (secondary N) is 1. The Kier molecular flexibility index (Phi) is 21.7. The van der Waals surface area contributed by atoms with Crippen molar-refractivity contribution < 1.29 is 52.3 Å². The predicted octanol–water partition coefficient (Wildman–Crippen LogP) is 3.58. The second-order valence-electron chi connectivity index (χ2n) is 9.50. The van der Waals surface area contributed by atoms with E-state index in [2.05, 4.69) is 12.2 Å². The molecule has 250 valence electrons. The Morgan fingerprint density at radius 1 is 0.533 bits per heavy atom. The van der Waals surface area contributed by atoms with Crippen LogP contribution < -0.4 is 5.32 Å². The second kappa shape index (κ2) is 25.9. The monoisotopic (exact) mass is 633 g/mol. The Labute approximate surface area is 265 Å². The molecule has 0 saturated heterocycles. The molecule has 0 atom stereocenters. The van der Waals surface area contributed by atoms with E-state index in [1.165, 1.54) is 0 Å². The van der Waals surface area contributed by atoms with Gasteiger partial charge in [0.05, 0.1) is 84.8 Å². The average molecular weight is 634 g/mol. The highest BCUT2D eigenvalue weighted by Gasteiger charge is 2.17. The molecule has 0 aliphatic heterocycles. The van der Waals surface area contributed by atoms with Gasteiger partial charge in [0, 0.05) is 17.8 Å². The minimum absolute atomic E-state index is 0.00784. The minimum Gasteiger partial charge on any atom is -0.460 e. The number of hydrogen-bond acceptors (Lipinski definition) is 12. The molecular formula is C33H47NO11. The lowest BCUT2D eigenvalue weighted by molar-refractivity contribution is -0.139. The molecule has 0 unspecified atom stereocenters. The van der Waals surface area contributed by atoms with Crippen molar-refractivity contribution in [3.8, 4) is 0 Å². The highest BCUT2D eigenvalue weighted by molar-refractivity contribution is 6.40. The summed E-state index contributed by atoms with van der Waals surface area (Å²) in [4.78, 5) is 35.7. The quantitative estimate of drug-likeness (QED) is 0.0635. The smallest absolute Gasteiger partial charge is 0.379 e. The first-order valence-corrected chi connectivity index (χ1v) is 15.4. The summed E-state index contributed by atoms with van der Waals surface area (Å²) in [6.45, 7) is 7.81. The van der Waals surface area contributed by atoms with E-state index in [0.717, 1.165) is 25.1 Å². The number of ketones is 1. The maximum atomic E-state index is 12.1. The van der Waals surface area contributed by atoms with E-state index in [1.54, 1.807) is 42.5 Å². The molecule has 0 aromatic heterocycles. The highest BCUT2D eigenvalue weighted by Crippen LogP contribution is 2.11. The first-order chi connectivity index (χ1) is 22.1. The van der Waals surface area contributed by atoms with E-state index < -0.39 is 11.8 Å². The van der Waals surface area contributed by atoms with Crippen LogP contribution in [0.5, 0.6) is 0 Å². The number of unbranched alkanes of at least 4 members (excludes halogenated alkanes) is 1. The number of carbonyl (C=O) groups excluding carboxylic acids is 3. The Morgan fingerprint density at radius 3 is 1.44 bits per heavy atom. The third-order valence-corrected chi connectivity index (χ3v) is 5.98. The Balaban J connectivity index is 1.26. The zero-order valence-corrected chi connectivity index (χ0v) is 26.2. The molecule has 0 spiro atoms. The topological polar surface area (TPSA) is 137 Å². The van der Waals surface area contributed by atoms with Crippen LogP contribution >= 0.6 is 0 Å². The Bertz CT molecular complexity index is 1050. The van der Waals surface area contributed by atoms with Crippen molar-refractivity contribution >= 4 is 23.4 Å². The van der Waals surface area contributed by atoms with Gasteiger partial charge in [-0.1, -0.05) is 43.7 Å². The molecule has 0 amide bonds. The molecule has 0 aliphatic rings. The third kappa shape index (κ3) is 18.9. The van der Waals surface area contributed by atoms with E-state index in [1.807, 2.05) is 12.1 Å². The van der Waals surface area contributed by atoms with Gasteiger partial charge in [0.25, 0.3) is 5.78 Å². The molecule has 0 heterocycles.